The summed E-state index contributed by atoms with van der Waals surface area (Å²) in [4.78, 5) is 21.3. The minimum Gasteiger partial charge on any atom is -0.508 e. The van der Waals surface area contributed by atoms with Gasteiger partial charge in [-0.25, -0.2) is 4.79 Å². The molecule has 17 heavy (non-hydrogen) atoms. The molecule has 0 spiro atoms. The van der Waals surface area contributed by atoms with Gasteiger partial charge in [0.05, 0.1) is 11.3 Å². The second-order valence-corrected chi connectivity index (χ2v) is 2.99. The summed E-state index contributed by atoms with van der Waals surface area (Å²) in [6, 6.07) is 2.57. The molecular weight excluding hydrogens is 243 g/mol. The van der Waals surface area contributed by atoms with Crippen molar-refractivity contribution < 1.29 is 33.0 Å². The zero-order valence-electron chi connectivity index (χ0n) is 8.08. The fraction of sp³-hybridized carbons (Fsp3) is 0.111. The summed E-state index contributed by atoms with van der Waals surface area (Å²) in [6.45, 7) is 0. The topological polar surface area (TPSA) is 86.6 Å². The zero-order valence-corrected chi connectivity index (χ0v) is 8.08. The Hall–Kier alpha value is -2.25. The number of carbonyl (C=O) groups excluding carboxylic acids is 1. The molecule has 0 saturated carbocycles. The SMILES string of the molecule is O=C(O)c1ccc(O)cc1NC(=O)C(F)(F)F. The van der Waals surface area contributed by atoms with Crippen molar-refractivity contribution in [2.45, 2.75) is 6.18 Å². The molecular formula is C9H6F3NO4. The van der Waals surface area contributed by atoms with Crippen molar-refractivity contribution in [1.29, 1.82) is 0 Å². The number of anilines is 1. The van der Waals surface area contributed by atoms with Gasteiger partial charge < -0.3 is 15.5 Å². The van der Waals surface area contributed by atoms with Crippen molar-refractivity contribution in [2.75, 3.05) is 5.32 Å². The first-order valence-corrected chi connectivity index (χ1v) is 4.16. The van der Waals surface area contributed by atoms with E-state index in [-0.39, 0.29) is 0 Å². The van der Waals surface area contributed by atoms with E-state index < -0.39 is 35.1 Å². The average Bonchev–Trinajstić information content (AvgIpc) is 2.15. The van der Waals surface area contributed by atoms with Crippen molar-refractivity contribution in [1.82, 2.24) is 0 Å². The van der Waals surface area contributed by atoms with E-state index in [2.05, 4.69) is 0 Å². The number of halogens is 3. The van der Waals surface area contributed by atoms with Gasteiger partial charge in [0.1, 0.15) is 5.75 Å². The lowest BCUT2D eigenvalue weighted by atomic mass is 10.1. The molecule has 0 saturated heterocycles. The van der Waals surface area contributed by atoms with Crippen LogP contribution in [-0.4, -0.2) is 28.3 Å². The molecule has 0 aliphatic carbocycles. The molecule has 5 nitrogen and oxygen atoms in total. The Labute approximate surface area is 92.5 Å². The normalized spacial score (nSPS) is 11.0. The third-order valence-electron chi connectivity index (χ3n) is 1.74. The van der Waals surface area contributed by atoms with Gasteiger partial charge in [0, 0.05) is 6.07 Å². The highest BCUT2D eigenvalue weighted by Gasteiger charge is 2.39. The lowest BCUT2D eigenvalue weighted by Crippen LogP contribution is -2.30. The highest BCUT2D eigenvalue weighted by atomic mass is 19.4. The van der Waals surface area contributed by atoms with Crippen LogP contribution in [0.3, 0.4) is 0 Å². The van der Waals surface area contributed by atoms with E-state index in [0.717, 1.165) is 12.1 Å². The van der Waals surface area contributed by atoms with E-state index in [0.29, 0.717) is 6.07 Å². The number of carbonyl (C=O) groups is 2. The quantitative estimate of drug-likeness (QED) is 0.742. The number of phenolic OH excluding ortho intramolecular Hbond substituents is 1. The van der Waals surface area contributed by atoms with E-state index >= 15 is 0 Å². The molecule has 1 rings (SSSR count). The largest absolute Gasteiger partial charge is 0.508 e. The predicted molar refractivity (Wildman–Crippen MR) is 49.8 cm³/mol. The lowest BCUT2D eigenvalue weighted by molar-refractivity contribution is -0.167. The number of carboxylic acids is 1. The third kappa shape index (κ3) is 3.10. The van der Waals surface area contributed by atoms with Crippen LogP contribution < -0.4 is 5.32 Å². The molecule has 1 amide bonds. The minimum absolute atomic E-state index is 0.465. The summed E-state index contributed by atoms with van der Waals surface area (Å²) in [5, 5.41) is 19.0. The van der Waals surface area contributed by atoms with E-state index in [1.54, 1.807) is 0 Å². The Morgan fingerprint density at radius 2 is 1.82 bits per heavy atom. The van der Waals surface area contributed by atoms with Crippen molar-refractivity contribution >= 4 is 17.6 Å². The Balaban J connectivity index is 3.09. The van der Waals surface area contributed by atoms with Gasteiger partial charge in [0.25, 0.3) is 0 Å². The molecule has 0 fully saturated rings. The number of aromatic carboxylic acids is 1. The molecule has 0 aliphatic heterocycles. The molecule has 0 aromatic heterocycles. The van der Waals surface area contributed by atoms with Crippen molar-refractivity contribution in [3.8, 4) is 5.75 Å². The molecule has 92 valence electrons. The van der Waals surface area contributed by atoms with Crippen molar-refractivity contribution in [2.24, 2.45) is 0 Å². The third-order valence-corrected chi connectivity index (χ3v) is 1.74. The second-order valence-electron chi connectivity index (χ2n) is 2.99. The molecule has 8 heteroatoms. The summed E-state index contributed by atoms with van der Waals surface area (Å²) in [5.74, 6) is -4.31. The fourth-order valence-electron chi connectivity index (χ4n) is 1.02. The van der Waals surface area contributed by atoms with Crippen LogP contribution in [0.4, 0.5) is 18.9 Å². The van der Waals surface area contributed by atoms with Gasteiger partial charge in [-0.3, -0.25) is 4.79 Å². The van der Waals surface area contributed by atoms with Gasteiger partial charge in [-0.15, -0.1) is 0 Å². The Morgan fingerprint density at radius 3 is 2.29 bits per heavy atom. The first kappa shape index (κ1) is 12.8. The number of hydrogen-bond donors (Lipinski definition) is 3. The standard InChI is InChI=1S/C9H6F3NO4/c10-9(11,12)8(17)13-6-3-4(14)1-2-5(6)7(15)16/h1-3,14H,(H,13,17)(H,15,16). The number of alkyl halides is 3. The summed E-state index contributed by atoms with van der Waals surface area (Å²) in [6.07, 6.45) is -5.14. The number of nitrogens with one attached hydrogen (secondary N) is 1. The molecule has 1 aromatic carbocycles. The molecule has 0 heterocycles. The van der Waals surface area contributed by atoms with E-state index in [9.17, 15) is 22.8 Å². The number of benzene rings is 1. The van der Waals surface area contributed by atoms with Gasteiger partial charge in [-0.1, -0.05) is 0 Å². The molecule has 0 bridgehead atoms. The zero-order chi connectivity index (χ0) is 13.2. The van der Waals surface area contributed by atoms with Crippen LogP contribution in [0.5, 0.6) is 5.75 Å². The molecule has 0 aliphatic rings. The summed E-state index contributed by atoms with van der Waals surface area (Å²) in [7, 11) is 0. The number of rotatable bonds is 2. The average molecular weight is 249 g/mol. The van der Waals surface area contributed by atoms with Crippen LogP contribution in [0, 0.1) is 0 Å². The van der Waals surface area contributed by atoms with Crippen LogP contribution in [0.25, 0.3) is 0 Å². The van der Waals surface area contributed by atoms with Crippen LogP contribution in [-0.2, 0) is 4.79 Å². The Bertz CT molecular complexity index is 470. The van der Waals surface area contributed by atoms with Crippen LogP contribution in [0.2, 0.25) is 0 Å². The molecule has 0 unspecified atom stereocenters. The highest BCUT2D eigenvalue weighted by molar-refractivity contribution is 6.02. The summed E-state index contributed by atoms with van der Waals surface area (Å²) >= 11 is 0. The van der Waals surface area contributed by atoms with Crippen molar-refractivity contribution in [3.63, 3.8) is 0 Å². The highest BCUT2D eigenvalue weighted by Crippen LogP contribution is 2.24. The van der Waals surface area contributed by atoms with Crippen molar-refractivity contribution in [3.05, 3.63) is 23.8 Å². The Morgan fingerprint density at radius 1 is 1.24 bits per heavy atom. The minimum atomic E-state index is -5.14. The van der Waals surface area contributed by atoms with E-state index in [1.165, 1.54) is 5.32 Å². The van der Waals surface area contributed by atoms with E-state index in [4.69, 9.17) is 10.2 Å². The maximum absolute atomic E-state index is 11.9. The summed E-state index contributed by atoms with van der Waals surface area (Å²) in [5.41, 5.74) is -1.18. The van der Waals surface area contributed by atoms with Gasteiger partial charge in [-0.2, -0.15) is 13.2 Å². The van der Waals surface area contributed by atoms with Crippen LogP contribution >= 0.6 is 0 Å². The smallest absolute Gasteiger partial charge is 0.471 e. The second kappa shape index (κ2) is 4.32. The first-order valence-electron chi connectivity index (χ1n) is 4.16. The maximum atomic E-state index is 11.9. The van der Waals surface area contributed by atoms with Gasteiger partial charge in [0.15, 0.2) is 0 Å². The van der Waals surface area contributed by atoms with Gasteiger partial charge in [-0.05, 0) is 12.1 Å². The van der Waals surface area contributed by atoms with Crippen LogP contribution in [0.15, 0.2) is 18.2 Å². The number of amides is 1. The lowest BCUT2D eigenvalue weighted by Gasteiger charge is -2.10. The number of carboxylic acid groups (broad SMARTS) is 1. The van der Waals surface area contributed by atoms with E-state index in [1.807, 2.05) is 0 Å². The molecule has 3 N–H and O–H groups in total. The van der Waals surface area contributed by atoms with Crippen LogP contribution in [0.1, 0.15) is 10.4 Å². The number of aromatic hydroxyl groups is 1. The molecule has 0 radical (unpaired) electrons. The fourth-order valence-corrected chi connectivity index (χ4v) is 1.02. The Kier molecular flexibility index (Phi) is 3.26. The molecule has 1 aromatic rings. The van der Waals surface area contributed by atoms with Gasteiger partial charge >= 0.3 is 18.1 Å². The predicted octanol–water partition coefficient (Wildman–Crippen LogP) is 1.59. The first-order chi connectivity index (χ1) is 7.71. The maximum Gasteiger partial charge on any atom is 0.471 e. The number of phenols is 1. The number of hydrogen-bond acceptors (Lipinski definition) is 3. The summed E-state index contributed by atoms with van der Waals surface area (Å²) < 4.78 is 35.8. The monoisotopic (exact) mass is 249 g/mol. The molecule has 0 atom stereocenters. The van der Waals surface area contributed by atoms with Gasteiger partial charge in [0.2, 0.25) is 0 Å².